The van der Waals surface area contributed by atoms with Gasteiger partial charge in [-0.15, -0.1) is 12.4 Å². The van der Waals surface area contributed by atoms with E-state index in [1.807, 2.05) is 23.1 Å². The standard InChI is InChI=1S/C17H21N5O2.ClH/c23-17(14-5-3-9-19-14)22-10-6-12(7-11-22)16-20-15(21-24-16)13-4-1-2-8-18-13;/h1-2,4,8,12,14,19H,3,5-7,9-11H2;1H. The summed E-state index contributed by atoms with van der Waals surface area (Å²) in [5.41, 5.74) is 0.715. The van der Waals surface area contributed by atoms with Gasteiger partial charge >= 0.3 is 0 Å². The fraction of sp³-hybridized carbons (Fsp3) is 0.529. The number of carbonyl (C=O) groups excluding carboxylic acids is 1. The van der Waals surface area contributed by atoms with E-state index >= 15 is 0 Å². The van der Waals surface area contributed by atoms with Gasteiger partial charge in [0.1, 0.15) is 5.69 Å². The largest absolute Gasteiger partial charge is 0.341 e. The number of aromatic nitrogens is 3. The van der Waals surface area contributed by atoms with Crippen molar-refractivity contribution in [3.05, 3.63) is 30.3 Å². The summed E-state index contributed by atoms with van der Waals surface area (Å²) >= 11 is 0. The molecule has 0 aliphatic carbocycles. The van der Waals surface area contributed by atoms with Crippen LogP contribution in [0.25, 0.3) is 11.5 Å². The number of carbonyl (C=O) groups is 1. The highest BCUT2D eigenvalue weighted by Crippen LogP contribution is 2.28. The van der Waals surface area contributed by atoms with E-state index in [9.17, 15) is 4.79 Å². The summed E-state index contributed by atoms with van der Waals surface area (Å²) in [5, 5.41) is 7.32. The minimum Gasteiger partial charge on any atom is -0.341 e. The third-order valence-electron chi connectivity index (χ3n) is 4.85. The molecular formula is C17H22ClN5O2. The van der Waals surface area contributed by atoms with Crippen molar-refractivity contribution >= 4 is 18.3 Å². The van der Waals surface area contributed by atoms with Crippen LogP contribution in [0.1, 0.15) is 37.5 Å². The van der Waals surface area contributed by atoms with Crippen molar-refractivity contribution in [3.63, 3.8) is 0 Å². The molecule has 1 unspecified atom stereocenters. The van der Waals surface area contributed by atoms with E-state index in [2.05, 4.69) is 20.4 Å². The van der Waals surface area contributed by atoms with Crippen LogP contribution in [0, 0.1) is 0 Å². The molecule has 2 aliphatic rings. The lowest BCUT2D eigenvalue weighted by Crippen LogP contribution is -2.46. The van der Waals surface area contributed by atoms with Crippen LogP contribution in [-0.4, -0.2) is 51.6 Å². The molecule has 0 saturated carbocycles. The van der Waals surface area contributed by atoms with Crippen LogP contribution in [0.4, 0.5) is 0 Å². The molecule has 2 fully saturated rings. The lowest BCUT2D eigenvalue weighted by molar-refractivity contribution is -0.134. The van der Waals surface area contributed by atoms with Crippen molar-refractivity contribution in [3.8, 4) is 11.5 Å². The number of likely N-dealkylation sites (tertiary alicyclic amines) is 1. The van der Waals surface area contributed by atoms with Crippen LogP contribution < -0.4 is 5.32 Å². The molecule has 0 radical (unpaired) electrons. The molecule has 1 amide bonds. The Kier molecular flexibility index (Phi) is 5.65. The first-order chi connectivity index (χ1) is 11.8. The van der Waals surface area contributed by atoms with Gasteiger partial charge in [-0.3, -0.25) is 9.78 Å². The first-order valence-corrected chi connectivity index (χ1v) is 8.58. The summed E-state index contributed by atoms with van der Waals surface area (Å²) in [5.74, 6) is 1.64. The monoisotopic (exact) mass is 363 g/mol. The number of nitrogens with one attached hydrogen (secondary N) is 1. The zero-order chi connectivity index (χ0) is 16.4. The van der Waals surface area contributed by atoms with Gasteiger partial charge in [-0.1, -0.05) is 11.2 Å². The van der Waals surface area contributed by atoms with Gasteiger partial charge in [0.25, 0.3) is 0 Å². The van der Waals surface area contributed by atoms with Crippen molar-refractivity contribution in [2.24, 2.45) is 0 Å². The molecule has 1 N–H and O–H groups in total. The number of halogens is 1. The van der Waals surface area contributed by atoms with E-state index in [-0.39, 0.29) is 30.3 Å². The van der Waals surface area contributed by atoms with Gasteiger partial charge in [0.15, 0.2) is 0 Å². The van der Waals surface area contributed by atoms with Gasteiger partial charge in [0.05, 0.1) is 6.04 Å². The Morgan fingerprint density at radius 1 is 1.24 bits per heavy atom. The average molecular weight is 364 g/mol. The van der Waals surface area contributed by atoms with Gasteiger partial charge < -0.3 is 14.7 Å². The third kappa shape index (κ3) is 3.82. The van der Waals surface area contributed by atoms with Crippen LogP contribution in [0.2, 0.25) is 0 Å². The topological polar surface area (TPSA) is 84.2 Å². The molecule has 25 heavy (non-hydrogen) atoms. The summed E-state index contributed by atoms with van der Waals surface area (Å²) in [6.45, 7) is 2.46. The fourth-order valence-electron chi connectivity index (χ4n) is 3.46. The second kappa shape index (κ2) is 7.93. The highest BCUT2D eigenvalue weighted by atomic mass is 35.5. The number of pyridine rings is 1. The predicted octanol–water partition coefficient (Wildman–Crippen LogP) is 2.01. The van der Waals surface area contributed by atoms with E-state index in [1.54, 1.807) is 6.20 Å². The van der Waals surface area contributed by atoms with Crippen molar-refractivity contribution in [2.45, 2.75) is 37.6 Å². The highest BCUT2D eigenvalue weighted by molar-refractivity contribution is 5.85. The maximum atomic E-state index is 12.4. The lowest BCUT2D eigenvalue weighted by Gasteiger charge is -2.32. The highest BCUT2D eigenvalue weighted by Gasteiger charge is 2.32. The molecule has 0 aromatic carbocycles. The molecule has 7 nitrogen and oxygen atoms in total. The van der Waals surface area contributed by atoms with E-state index in [0.717, 1.165) is 45.3 Å². The zero-order valence-corrected chi connectivity index (χ0v) is 14.7. The van der Waals surface area contributed by atoms with E-state index < -0.39 is 0 Å². The van der Waals surface area contributed by atoms with Gasteiger partial charge in [-0.25, -0.2) is 0 Å². The second-order valence-electron chi connectivity index (χ2n) is 6.42. The molecule has 2 aliphatic heterocycles. The molecule has 0 bridgehead atoms. The number of rotatable bonds is 3. The van der Waals surface area contributed by atoms with Crippen molar-refractivity contribution in [1.29, 1.82) is 0 Å². The number of hydrogen-bond donors (Lipinski definition) is 1. The third-order valence-corrected chi connectivity index (χ3v) is 4.85. The van der Waals surface area contributed by atoms with Crippen molar-refractivity contribution in [1.82, 2.24) is 25.3 Å². The maximum Gasteiger partial charge on any atom is 0.239 e. The Balaban J connectivity index is 0.00000182. The predicted molar refractivity (Wildman–Crippen MR) is 94.4 cm³/mol. The van der Waals surface area contributed by atoms with Crippen LogP contribution in [0.15, 0.2) is 28.9 Å². The molecule has 2 aromatic heterocycles. The number of amides is 1. The zero-order valence-electron chi connectivity index (χ0n) is 13.9. The summed E-state index contributed by atoms with van der Waals surface area (Å²) in [6.07, 6.45) is 5.48. The van der Waals surface area contributed by atoms with Crippen LogP contribution in [-0.2, 0) is 4.79 Å². The Hall–Kier alpha value is -1.99. The van der Waals surface area contributed by atoms with E-state index in [4.69, 9.17) is 4.52 Å². The second-order valence-corrected chi connectivity index (χ2v) is 6.42. The van der Waals surface area contributed by atoms with E-state index in [1.165, 1.54) is 0 Å². The van der Waals surface area contributed by atoms with Crippen LogP contribution >= 0.6 is 12.4 Å². The normalized spacial score (nSPS) is 21.1. The molecule has 8 heteroatoms. The molecule has 2 saturated heterocycles. The Morgan fingerprint density at radius 2 is 2.08 bits per heavy atom. The first kappa shape index (κ1) is 17.8. The smallest absolute Gasteiger partial charge is 0.239 e. The minimum absolute atomic E-state index is 0. The molecule has 0 spiro atoms. The van der Waals surface area contributed by atoms with Crippen molar-refractivity contribution < 1.29 is 9.32 Å². The molecule has 4 heterocycles. The molecule has 4 rings (SSSR count). The van der Waals surface area contributed by atoms with Crippen LogP contribution in [0.5, 0.6) is 0 Å². The van der Waals surface area contributed by atoms with E-state index in [0.29, 0.717) is 17.4 Å². The first-order valence-electron chi connectivity index (χ1n) is 8.58. The van der Waals surface area contributed by atoms with Gasteiger partial charge in [-0.2, -0.15) is 4.98 Å². The molecule has 134 valence electrons. The van der Waals surface area contributed by atoms with Crippen molar-refractivity contribution in [2.75, 3.05) is 19.6 Å². The average Bonchev–Trinajstić information content (AvgIpc) is 3.34. The summed E-state index contributed by atoms with van der Waals surface area (Å²) in [6, 6.07) is 5.64. The quantitative estimate of drug-likeness (QED) is 0.898. The molecular weight excluding hydrogens is 342 g/mol. The molecule has 1 atom stereocenters. The maximum absolute atomic E-state index is 12.4. The lowest BCUT2D eigenvalue weighted by atomic mass is 9.96. The Bertz CT molecular complexity index is 694. The Labute approximate surface area is 152 Å². The SMILES string of the molecule is Cl.O=C(C1CCCN1)N1CCC(c2nc(-c3ccccn3)no2)CC1. The summed E-state index contributed by atoms with van der Waals surface area (Å²) in [4.78, 5) is 23.1. The number of hydrogen-bond acceptors (Lipinski definition) is 6. The number of piperidine rings is 1. The van der Waals surface area contributed by atoms with Gasteiger partial charge in [0, 0.05) is 25.2 Å². The summed E-state index contributed by atoms with van der Waals surface area (Å²) in [7, 11) is 0. The minimum atomic E-state index is 0. The van der Waals surface area contributed by atoms with Gasteiger partial charge in [0.2, 0.25) is 17.6 Å². The van der Waals surface area contributed by atoms with Gasteiger partial charge in [-0.05, 0) is 44.4 Å². The fourth-order valence-corrected chi connectivity index (χ4v) is 3.46. The Morgan fingerprint density at radius 3 is 2.76 bits per heavy atom. The molecule has 2 aromatic rings. The van der Waals surface area contributed by atoms with Crippen LogP contribution in [0.3, 0.4) is 0 Å². The summed E-state index contributed by atoms with van der Waals surface area (Å²) < 4.78 is 5.44. The number of nitrogens with zero attached hydrogens (tertiary/aromatic N) is 4.